The van der Waals surface area contributed by atoms with Crippen LogP contribution in [0.4, 0.5) is 4.39 Å². The SMILES string of the molecule is O=C(O)C1(Cc2cc3ccc(F)cc3[nH]2)CSC(CSc2nc3ccccc3c(=O)[nH]2)=N1. The third-order valence-corrected chi connectivity index (χ3v) is 7.52. The van der Waals surface area contributed by atoms with Crippen LogP contribution >= 0.6 is 23.5 Å². The number of aliphatic imine (C=N–C) groups is 1. The topological polar surface area (TPSA) is 111 Å². The maximum Gasteiger partial charge on any atom is 0.332 e. The Morgan fingerprint density at radius 1 is 1.22 bits per heavy atom. The highest BCUT2D eigenvalue weighted by molar-refractivity contribution is 8.16. The molecule has 3 heterocycles. The molecule has 10 heteroatoms. The predicted octanol–water partition coefficient (Wildman–Crippen LogP) is 3.85. The molecule has 5 rings (SSSR count). The molecule has 32 heavy (non-hydrogen) atoms. The molecule has 7 nitrogen and oxygen atoms in total. The van der Waals surface area contributed by atoms with Crippen LogP contribution in [0.3, 0.4) is 0 Å². The van der Waals surface area contributed by atoms with Gasteiger partial charge in [0.05, 0.1) is 15.9 Å². The van der Waals surface area contributed by atoms with Gasteiger partial charge in [-0.05, 0) is 41.8 Å². The van der Waals surface area contributed by atoms with Crippen LogP contribution in [-0.4, -0.2) is 48.1 Å². The van der Waals surface area contributed by atoms with E-state index in [1.807, 2.05) is 12.1 Å². The molecule has 0 bridgehead atoms. The first-order valence-corrected chi connectivity index (χ1v) is 11.7. The van der Waals surface area contributed by atoms with Crippen LogP contribution in [0, 0.1) is 5.82 Å². The molecule has 0 amide bonds. The smallest absolute Gasteiger partial charge is 0.332 e. The van der Waals surface area contributed by atoms with Gasteiger partial charge in [-0.25, -0.2) is 14.2 Å². The molecule has 3 N–H and O–H groups in total. The van der Waals surface area contributed by atoms with Crippen LogP contribution in [0.2, 0.25) is 0 Å². The number of H-pyrrole nitrogens is 2. The number of hydrogen-bond donors (Lipinski definition) is 3. The summed E-state index contributed by atoms with van der Waals surface area (Å²) in [4.78, 5) is 39.2. The van der Waals surface area contributed by atoms with Gasteiger partial charge in [-0.3, -0.25) is 9.79 Å². The third kappa shape index (κ3) is 3.91. The zero-order valence-electron chi connectivity index (χ0n) is 16.6. The number of benzene rings is 2. The van der Waals surface area contributed by atoms with Gasteiger partial charge in [0.2, 0.25) is 0 Å². The second kappa shape index (κ2) is 8.10. The van der Waals surface area contributed by atoms with E-state index in [0.717, 1.165) is 5.39 Å². The van der Waals surface area contributed by atoms with E-state index in [9.17, 15) is 19.1 Å². The first-order chi connectivity index (χ1) is 15.4. The Morgan fingerprint density at radius 2 is 2.06 bits per heavy atom. The van der Waals surface area contributed by atoms with Gasteiger partial charge in [0.25, 0.3) is 5.56 Å². The average molecular weight is 469 g/mol. The lowest BCUT2D eigenvalue weighted by Crippen LogP contribution is -2.39. The molecule has 1 atom stereocenters. The molecule has 0 aliphatic carbocycles. The van der Waals surface area contributed by atoms with E-state index >= 15 is 0 Å². The number of halogens is 1. The number of rotatable bonds is 6. The molecule has 2 aromatic heterocycles. The zero-order valence-corrected chi connectivity index (χ0v) is 18.2. The fraction of sp³-hybridized carbons (Fsp3) is 0.182. The molecule has 4 aromatic rings. The van der Waals surface area contributed by atoms with Crippen molar-refractivity contribution in [3.63, 3.8) is 0 Å². The molecule has 1 unspecified atom stereocenters. The van der Waals surface area contributed by atoms with Crippen molar-refractivity contribution in [2.75, 3.05) is 11.5 Å². The Kier molecular flexibility index (Phi) is 5.26. The minimum absolute atomic E-state index is 0.171. The van der Waals surface area contributed by atoms with Crippen molar-refractivity contribution >= 4 is 56.3 Å². The average Bonchev–Trinajstić information content (AvgIpc) is 3.36. The Balaban J connectivity index is 1.36. The summed E-state index contributed by atoms with van der Waals surface area (Å²) in [5.74, 6) is -0.664. The minimum atomic E-state index is -1.30. The highest BCUT2D eigenvalue weighted by atomic mass is 32.2. The van der Waals surface area contributed by atoms with Crippen LogP contribution in [0.1, 0.15) is 5.69 Å². The molecule has 1 aliphatic rings. The summed E-state index contributed by atoms with van der Waals surface area (Å²) in [5.41, 5.74) is 0.401. The van der Waals surface area contributed by atoms with E-state index in [1.54, 1.807) is 24.3 Å². The van der Waals surface area contributed by atoms with Crippen LogP contribution in [0.5, 0.6) is 0 Å². The second-order valence-electron chi connectivity index (χ2n) is 7.51. The highest BCUT2D eigenvalue weighted by Crippen LogP contribution is 2.34. The molecule has 0 fully saturated rings. The van der Waals surface area contributed by atoms with Gasteiger partial charge in [0.15, 0.2) is 10.7 Å². The lowest BCUT2D eigenvalue weighted by molar-refractivity contribution is -0.142. The van der Waals surface area contributed by atoms with Gasteiger partial charge >= 0.3 is 5.97 Å². The molecular weight excluding hydrogens is 451 g/mol. The molecular formula is C22H17FN4O3S2. The first kappa shape index (κ1) is 20.8. The van der Waals surface area contributed by atoms with Gasteiger partial charge in [0, 0.05) is 29.1 Å². The summed E-state index contributed by atoms with van der Waals surface area (Å²) in [6.07, 6.45) is 0.171. The number of fused-ring (bicyclic) bond motifs is 2. The first-order valence-electron chi connectivity index (χ1n) is 9.76. The summed E-state index contributed by atoms with van der Waals surface area (Å²) in [6.45, 7) is 0. The van der Waals surface area contributed by atoms with Crippen molar-refractivity contribution in [2.24, 2.45) is 4.99 Å². The second-order valence-corrected chi connectivity index (χ2v) is 9.52. The van der Waals surface area contributed by atoms with Crippen molar-refractivity contribution in [3.8, 4) is 0 Å². The minimum Gasteiger partial charge on any atom is -0.479 e. The maximum atomic E-state index is 13.5. The molecule has 162 valence electrons. The molecule has 2 aromatic carbocycles. The molecule has 1 aliphatic heterocycles. The van der Waals surface area contributed by atoms with Crippen molar-refractivity contribution in [1.29, 1.82) is 0 Å². The van der Waals surface area contributed by atoms with E-state index in [1.165, 1.54) is 35.7 Å². The fourth-order valence-electron chi connectivity index (χ4n) is 3.69. The number of thioether (sulfide) groups is 2. The monoisotopic (exact) mass is 468 g/mol. The van der Waals surface area contributed by atoms with Crippen molar-refractivity contribution in [3.05, 3.63) is 70.4 Å². The number of nitrogens with zero attached hydrogens (tertiary/aromatic N) is 2. The lowest BCUT2D eigenvalue weighted by Gasteiger charge is -2.19. The number of aliphatic carboxylic acids is 1. The van der Waals surface area contributed by atoms with Gasteiger partial charge in [-0.1, -0.05) is 23.9 Å². The molecule has 0 radical (unpaired) electrons. The van der Waals surface area contributed by atoms with Crippen molar-refractivity contribution in [2.45, 2.75) is 17.1 Å². The van der Waals surface area contributed by atoms with E-state index in [2.05, 4.69) is 19.9 Å². The van der Waals surface area contributed by atoms with Crippen LogP contribution in [0.25, 0.3) is 21.8 Å². The summed E-state index contributed by atoms with van der Waals surface area (Å²) in [6, 6.07) is 13.3. The Hall–Kier alpha value is -3.11. The zero-order chi connectivity index (χ0) is 22.3. The largest absolute Gasteiger partial charge is 0.479 e. The number of carbonyl (C=O) groups is 1. The molecule has 0 spiro atoms. The van der Waals surface area contributed by atoms with Crippen molar-refractivity contribution < 1.29 is 14.3 Å². The Bertz CT molecular complexity index is 1450. The number of nitrogens with one attached hydrogen (secondary N) is 2. The number of aromatic amines is 2. The van der Waals surface area contributed by atoms with Gasteiger partial charge in [-0.2, -0.15) is 0 Å². The van der Waals surface area contributed by atoms with Gasteiger partial charge in [0.1, 0.15) is 5.82 Å². The highest BCUT2D eigenvalue weighted by Gasteiger charge is 2.43. The van der Waals surface area contributed by atoms with Crippen LogP contribution in [0.15, 0.2) is 63.5 Å². The fourth-order valence-corrected chi connectivity index (χ4v) is 5.79. The number of aromatic nitrogens is 3. The Morgan fingerprint density at radius 3 is 2.91 bits per heavy atom. The maximum absolute atomic E-state index is 13.5. The van der Waals surface area contributed by atoms with Crippen LogP contribution < -0.4 is 5.56 Å². The summed E-state index contributed by atoms with van der Waals surface area (Å²) < 4.78 is 13.5. The summed E-state index contributed by atoms with van der Waals surface area (Å²) in [5, 5.41) is 12.4. The Labute approximate surface area is 189 Å². The van der Waals surface area contributed by atoms with E-state index < -0.39 is 11.5 Å². The van der Waals surface area contributed by atoms with E-state index in [-0.39, 0.29) is 17.8 Å². The lowest BCUT2D eigenvalue weighted by atomic mass is 9.96. The van der Waals surface area contributed by atoms with Crippen LogP contribution in [-0.2, 0) is 11.2 Å². The third-order valence-electron chi connectivity index (χ3n) is 5.26. The summed E-state index contributed by atoms with van der Waals surface area (Å²) in [7, 11) is 0. The predicted molar refractivity (Wildman–Crippen MR) is 125 cm³/mol. The number of hydrogen-bond acceptors (Lipinski definition) is 6. The number of para-hydroxylation sites is 1. The number of carboxylic acid groups (broad SMARTS) is 1. The van der Waals surface area contributed by atoms with Gasteiger partial charge < -0.3 is 15.1 Å². The molecule has 0 saturated heterocycles. The quantitative estimate of drug-likeness (QED) is 0.293. The van der Waals surface area contributed by atoms with E-state index in [4.69, 9.17) is 0 Å². The normalized spacial score (nSPS) is 18.3. The standard InChI is InChI=1S/C22H17FN4O3S2/c23-13-6-5-12-7-14(24-17(12)8-13)9-22(20(29)30)11-32-18(27-22)10-31-21-25-16-4-2-1-3-15(16)19(28)26-21/h1-8,24H,9-11H2,(H,29,30)(H,25,26,28). The van der Waals surface area contributed by atoms with Crippen molar-refractivity contribution in [1.82, 2.24) is 15.0 Å². The number of carboxylic acids is 1. The van der Waals surface area contributed by atoms with Gasteiger partial charge in [-0.15, -0.1) is 11.8 Å². The summed E-state index contributed by atoms with van der Waals surface area (Å²) >= 11 is 2.70. The molecule has 0 saturated carbocycles. The van der Waals surface area contributed by atoms with E-state index in [0.29, 0.717) is 43.8 Å².